The van der Waals surface area contributed by atoms with Gasteiger partial charge in [-0.15, -0.1) is 0 Å². The van der Waals surface area contributed by atoms with Gasteiger partial charge in [-0.25, -0.2) is 4.79 Å². The molecule has 23 heavy (non-hydrogen) atoms. The molecule has 0 unspecified atom stereocenters. The van der Waals surface area contributed by atoms with Crippen molar-refractivity contribution in [1.29, 1.82) is 0 Å². The van der Waals surface area contributed by atoms with Crippen molar-refractivity contribution in [3.05, 3.63) is 29.8 Å². The fourth-order valence-electron chi connectivity index (χ4n) is 1.81. The number of amides is 3. The summed E-state index contributed by atoms with van der Waals surface area (Å²) in [6.45, 7) is 5.76. The van der Waals surface area contributed by atoms with Crippen LogP contribution in [0.5, 0.6) is 5.75 Å². The number of ether oxygens (including phenoxy) is 1. The van der Waals surface area contributed by atoms with E-state index < -0.39 is 0 Å². The van der Waals surface area contributed by atoms with E-state index in [-0.39, 0.29) is 18.5 Å². The quantitative estimate of drug-likeness (QED) is 0.578. The molecule has 6 nitrogen and oxygen atoms in total. The van der Waals surface area contributed by atoms with Gasteiger partial charge in [0.05, 0.1) is 13.2 Å². The minimum absolute atomic E-state index is 0.0218. The highest BCUT2D eigenvalue weighted by Crippen LogP contribution is 2.13. The number of urea groups is 1. The Balaban J connectivity index is 2.29. The summed E-state index contributed by atoms with van der Waals surface area (Å²) in [4.78, 5) is 23.0. The van der Waals surface area contributed by atoms with Gasteiger partial charge in [-0.05, 0) is 30.5 Å². The molecule has 0 atom stereocenters. The summed E-state index contributed by atoms with van der Waals surface area (Å²) < 4.78 is 5.63. The van der Waals surface area contributed by atoms with E-state index in [9.17, 15) is 9.59 Å². The molecule has 0 saturated carbocycles. The molecule has 6 heteroatoms. The second-order valence-electron chi connectivity index (χ2n) is 5.24. The Hall–Kier alpha value is -2.24. The smallest absolute Gasteiger partial charge is 0.315 e. The highest BCUT2D eigenvalue weighted by molar-refractivity contribution is 5.83. The van der Waals surface area contributed by atoms with Crippen LogP contribution in [0, 0.1) is 0 Å². The molecule has 3 amide bonds. The zero-order valence-electron chi connectivity index (χ0n) is 14.0. The van der Waals surface area contributed by atoms with Crippen LogP contribution in [-0.4, -0.2) is 31.6 Å². The number of carbonyl (C=O) groups is 2. The summed E-state index contributed by atoms with van der Waals surface area (Å²) in [7, 11) is 0. The molecule has 0 bridgehead atoms. The Bertz CT molecular complexity index is 492. The lowest BCUT2D eigenvalue weighted by atomic mass is 10.2. The van der Waals surface area contributed by atoms with Crippen molar-refractivity contribution >= 4 is 11.9 Å². The molecule has 0 aliphatic heterocycles. The van der Waals surface area contributed by atoms with Crippen molar-refractivity contribution in [3.8, 4) is 5.75 Å². The largest absolute Gasteiger partial charge is 0.494 e. The van der Waals surface area contributed by atoms with E-state index in [1.54, 1.807) is 0 Å². The van der Waals surface area contributed by atoms with E-state index in [2.05, 4.69) is 22.9 Å². The number of benzene rings is 1. The normalized spacial score (nSPS) is 10.0. The zero-order chi connectivity index (χ0) is 16.9. The standard InChI is InChI=1S/C17H27N3O3/c1-3-5-10-23-15-8-6-7-14(11-15)12-19-17(22)20-13-16(21)18-9-4-2/h6-8,11H,3-5,9-10,12-13H2,1-2H3,(H,18,21)(H2,19,20,22). The van der Waals surface area contributed by atoms with Gasteiger partial charge < -0.3 is 20.7 Å². The van der Waals surface area contributed by atoms with Gasteiger partial charge in [-0.1, -0.05) is 32.4 Å². The first-order chi connectivity index (χ1) is 11.2. The van der Waals surface area contributed by atoms with Crippen LogP contribution in [0.25, 0.3) is 0 Å². The van der Waals surface area contributed by atoms with Crippen LogP contribution in [0.2, 0.25) is 0 Å². The topological polar surface area (TPSA) is 79.5 Å². The molecule has 128 valence electrons. The molecular formula is C17H27N3O3. The lowest BCUT2D eigenvalue weighted by Gasteiger charge is -2.10. The molecule has 1 aromatic rings. The lowest BCUT2D eigenvalue weighted by molar-refractivity contribution is -0.120. The van der Waals surface area contributed by atoms with Gasteiger partial charge in [-0.2, -0.15) is 0 Å². The van der Waals surface area contributed by atoms with E-state index in [1.165, 1.54) is 0 Å². The van der Waals surface area contributed by atoms with Crippen LogP contribution in [0.3, 0.4) is 0 Å². The van der Waals surface area contributed by atoms with Crippen molar-refractivity contribution in [2.24, 2.45) is 0 Å². The highest BCUT2D eigenvalue weighted by atomic mass is 16.5. The maximum atomic E-state index is 11.7. The van der Waals surface area contributed by atoms with Crippen LogP contribution in [-0.2, 0) is 11.3 Å². The van der Waals surface area contributed by atoms with E-state index >= 15 is 0 Å². The maximum absolute atomic E-state index is 11.7. The summed E-state index contributed by atoms with van der Waals surface area (Å²) in [6, 6.07) is 7.25. The van der Waals surface area contributed by atoms with Crippen molar-refractivity contribution < 1.29 is 14.3 Å². The first-order valence-corrected chi connectivity index (χ1v) is 8.15. The molecule has 0 heterocycles. The van der Waals surface area contributed by atoms with Crippen molar-refractivity contribution in [3.63, 3.8) is 0 Å². The van der Waals surface area contributed by atoms with Gasteiger partial charge >= 0.3 is 6.03 Å². The number of hydrogen-bond donors (Lipinski definition) is 3. The second kappa shape index (κ2) is 11.3. The summed E-state index contributed by atoms with van der Waals surface area (Å²) in [5, 5.41) is 7.94. The van der Waals surface area contributed by atoms with Crippen LogP contribution < -0.4 is 20.7 Å². The van der Waals surface area contributed by atoms with Crippen LogP contribution >= 0.6 is 0 Å². The van der Waals surface area contributed by atoms with Crippen molar-refractivity contribution in [1.82, 2.24) is 16.0 Å². The van der Waals surface area contributed by atoms with E-state index in [0.29, 0.717) is 19.7 Å². The molecular weight excluding hydrogens is 294 g/mol. The van der Waals surface area contributed by atoms with Gasteiger partial charge in [0.15, 0.2) is 0 Å². The summed E-state index contributed by atoms with van der Waals surface area (Å²) in [6.07, 6.45) is 2.98. The maximum Gasteiger partial charge on any atom is 0.315 e. The number of nitrogens with one attached hydrogen (secondary N) is 3. The Morgan fingerprint density at radius 3 is 2.65 bits per heavy atom. The third-order valence-electron chi connectivity index (χ3n) is 3.10. The second-order valence-corrected chi connectivity index (χ2v) is 5.24. The fraction of sp³-hybridized carbons (Fsp3) is 0.529. The number of rotatable bonds is 10. The average Bonchev–Trinajstić information content (AvgIpc) is 2.57. The first kappa shape index (κ1) is 18.8. The monoisotopic (exact) mass is 321 g/mol. The number of carbonyl (C=O) groups excluding carboxylic acids is 2. The van der Waals surface area contributed by atoms with Gasteiger partial charge in [-0.3, -0.25) is 4.79 Å². The summed E-state index contributed by atoms with van der Waals surface area (Å²) in [5.74, 6) is 0.616. The molecule has 3 N–H and O–H groups in total. The van der Waals surface area contributed by atoms with Gasteiger partial charge in [0.25, 0.3) is 0 Å². The van der Waals surface area contributed by atoms with Crippen molar-refractivity contribution in [2.45, 2.75) is 39.7 Å². The first-order valence-electron chi connectivity index (χ1n) is 8.15. The van der Waals surface area contributed by atoms with Gasteiger partial charge in [0, 0.05) is 13.1 Å². The summed E-state index contributed by atoms with van der Waals surface area (Å²) in [5.41, 5.74) is 0.949. The molecule has 0 saturated heterocycles. The van der Waals surface area contributed by atoms with Gasteiger partial charge in [0.2, 0.25) is 5.91 Å². The predicted molar refractivity (Wildman–Crippen MR) is 90.4 cm³/mol. The van der Waals surface area contributed by atoms with E-state index in [1.807, 2.05) is 31.2 Å². The fourth-order valence-corrected chi connectivity index (χ4v) is 1.81. The molecule has 0 aromatic heterocycles. The third kappa shape index (κ3) is 8.70. The average molecular weight is 321 g/mol. The molecule has 0 spiro atoms. The van der Waals surface area contributed by atoms with Crippen molar-refractivity contribution in [2.75, 3.05) is 19.7 Å². The van der Waals surface area contributed by atoms with Gasteiger partial charge in [0.1, 0.15) is 5.75 Å². The van der Waals surface area contributed by atoms with E-state index in [0.717, 1.165) is 30.6 Å². The van der Waals surface area contributed by atoms with Crippen LogP contribution in [0.4, 0.5) is 4.79 Å². The molecule has 0 aliphatic rings. The Morgan fingerprint density at radius 2 is 1.91 bits per heavy atom. The van der Waals surface area contributed by atoms with E-state index in [4.69, 9.17) is 4.74 Å². The molecule has 1 aromatic carbocycles. The zero-order valence-corrected chi connectivity index (χ0v) is 14.0. The Kier molecular flexibility index (Phi) is 9.28. The predicted octanol–water partition coefficient (Wildman–Crippen LogP) is 2.19. The molecule has 0 aliphatic carbocycles. The minimum atomic E-state index is -0.367. The highest BCUT2D eigenvalue weighted by Gasteiger charge is 2.04. The lowest BCUT2D eigenvalue weighted by Crippen LogP contribution is -2.41. The molecule has 1 rings (SSSR count). The third-order valence-corrected chi connectivity index (χ3v) is 3.10. The Morgan fingerprint density at radius 1 is 1.09 bits per heavy atom. The molecule has 0 fully saturated rings. The summed E-state index contributed by atoms with van der Waals surface area (Å²) >= 11 is 0. The number of hydrogen-bond acceptors (Lipinski definition) is 3. The SMILES string of the molecule is CCCCOc1cccc(CNC(=O)NCC(=O)NCCC)c1. The molecule has 0 radical (unpaired) electrons. The Labute approximate surface area is 138 Å². The minimum Gasteiger partial charge on any atom is -0.494 e. The number of unbranched alkanes of at least 4 members (excludes halogenated alkanes) is 1. The van der Waals surface area contributed by atoms with Crippen LogP contribution in [0.15, 0.2) is 24.3 Å². The van der Waals surface area contributed by atoms with Crippen LogP contribution in [0.1, 0.15) is 38.7 Å².